The molecular weight excluding hydrogens is 418 g/mol. The summed E-state index contributed by atoms with van der Waals surface area (Å²) in [6.07, 6.45) is 4.03. The molecule has 0 bridgehead atoms. The number of fused-ring (bicyclic) bond motifs is 3. The highest BCUT2D eigenvalue weighted by atomic mass is 16.6. The number of hydrogen-bond donors (Lipinski definition) is 2. The van der Waals surface area contributed by atoms with E-state index < -0.39 is 18.1 Å². The van der Waals surface area contributed by atoms with Crippen molar-refractivity contribution in [3.05, 3.63) is 71.4 Å². The highest BCUT2D eigenvalue weighted by molar-refractivity contribution is 5.82. The average Bonchev–Trinajstić information content (AvgIpc) is 3.46. The van der Waals surface area contributed by atoms with Crippen LogP contribution in [0.2, 0.25) is 0 Å². The lowest BCUT2D eigenvalue weighted by atomic mass is 9.98. The molecule has 4 rings (SSSR count). The lowest BCUT2D eigenvalue weighted by Gasteiger charge is -2.20. The summed E-state index contributed by atoms with van der Waals surface area (Å²) in [5, 5.41) is 5.70. The number of nitrogens with zero attached hydrogens (tertiary/aromatic N) is 1. The van der Waals surface area contributed by atoms with E-state index in [1.165, 1.54) is 0 Å². The van der Waals surface area contributed by atoms with Gasteiger partial charge in [-0.15, -0.1) is 0 Å². The maximum Gasteiger partial charge on any atom is 0.407 e. The van der Waals surface area contributed by atoms with E-state index in [2.05, 4.69) is 39.9 Å². The minimum absolute atomic E-state index is 0.00720. The number of benzene rings is 2. The van der Waals surface area contributed by atoms with Crippen LogP contribution in [0.5, 0.6) is 0 Å². The predicted molar refractivity (Wildman–Crippen MR) is 127 cm³/mol. The smallest absolute Gasteiger partial charge is 0.407 e. The van der Waals surface area contributed by atoms with Crippen LogP contribution in [0.4, 0.5) is 4.79 Å². The molecule has 1 amide bonds. The zero-order valence-electron chi connectivity index (χ0n) is 18.9. The largest absolute Gasteiger partial charge is 0.463 e. The van der Waals surface area contributed by atoms with Gasteiger partial charge < -0.3 is 20.1 Å². The summed E-state index contributed by atoms with van der Waals surface area (Å²) in [7, 11) is 1.79. The first-order valence-corrected chi connectivity index (χ1v) is 11.2. The fraction of sp³-hybridized carbons (Fsp3) is 0.346. The average molecular weight is 448 g/mol. The van der Waals surface area contributed by atoms with Crippen LogP contribution in [0.15, 0.2) is 65.3 Å². The Labute approximate surface area is 193 Å². The Bertz CT molecular complexity index is 1030. The molecular formula is C26H29N3O4. The van der Waals surface area contributed by atoms with E-state index in [9.17, 15) is 9.59 Å². The van der Waals surface area contributed by atoms with E-state index in [0.717, 1.165) is 34.4 Å². The van der Waals surface area contributed by atoms with Crippen LogP contribution < -0.4 is 10.6 Å². The molecule has 0 saturated heterocycles. The third kappa shape index (κ3) is 5.31. The maximum absolute atomic E-state index is 12.7. The molecule has 2 aliphatic rings. The van der Waals surface area contributed by atoms with E-state index in [4.69, 9.17) is 9.47 Å². The first-order valence-electron chi connectivity index (χ1n) is 11.2. The van der Waals surface area contributed by atoms with Crippen molar-refractivity contribution in [2.75, 3.05) is 20.3 Å². The first kappa shape index (κ1) is 22.7. The zero-order chi connectivity index (χ0) is 23.2. The van der Waals surface area contributed by atoms with E-state index in [1.54, 1.807) is 13.3 Å². The number of carbonyl (C=O) groups is 2. The summed E-state index contributed by atoms with van der Waals surface area (Å²) in [6.45, 7) is 2.30. The quantitative estimate of drug-likeness (QED) is 0.571. The molecule has 7 heteroatoms. The summed E-state index contributed by atoms with van der Waals surface area (Å²) >= 11 is 0. The van der Waals surface area contributed by atoms with Gasteiger partial charge in [0.05, 0.1) is 0 Å². The number of hydrogen-bond acceptors (Lipinski definition) is 6. The van der Waals surface area contributed by atoms with Crippen molar-refractivity contribution in [3.8, 4) is 11.1 Å². The van der Waals surface area contributed by atoms with E-state index in [-0.39, 0.29) is 31.6 Å². The van der Waals surface area contributed by atoms with Gasteiger partial charge in [0.15, 0.2) is 0 Å². The minimum atomic E-state index is -0.869. The number of amides is 1. The van der Waals surface area contributed by atoms with Gasteiger partial charge in [0.1, 0.15) is 19.3 Å². The fourth-order valence-electron chi connectivity index (χ4n) is 4.12. The lowest BCUT2D eigenvalue weighted by molar-refractivity contribution is -0.146. The molecule has 172 valence electrons. The van der Waals surface area contributed by atoms with Crippen LogP contribution >= 0.6 is 0 Å². The number of rotatable bonds is 9. The summed E-state index contributed by atoms with van der Waals surface area (Å²) in [5.41, 5.74) is 5.34. The second kappa shape index (κ2) is 10.4. The Morgan fingerprint density at radius 1 is 1.06 bits per heavy atom. The number of alkyl carbamates (subject to hydrolysis) is 1. The summed E-state index contributed by atoms with van der Waals surface area (Å²) in [5.74, 6) is -0.555. The third-order valence-electron chi connectivity index (χ3n) is 6.02. The van der Waals surface area contributed by atoms with Crippen LogP contribution in [0.25, 0.3) is 11.1 Å². The Hall–Kier alpha value is -3.45. The number of aliphatic imine (C=N–C) groups is 1. The molecule has 1 heterocycles. The Balaban J connectivity index is 1.41. The van der Waals surface area contributed by atoms with E-state index in [0.29, 0.717) is 0 Å². The van der Waals surface area contributed by atoms with E-state index in [1.807, 2.05) is 37.3 Å². The topological polar surface area (TPSA) is 89.0 Å². The van der Waals surface area contributed by atoms with Crippen LogP contribution in [-0.2, 0) is 14.3 Å². The molecule has 0 spiro atoms. The van der Waals surface area contributed by atoms with Crippen molar-refractivity contribution in [2.24, 2.45) is 4.99 Å². The number of ether oxygens (including phenoxy) is 2. The predicted octanol–water partition coefficient (Wildman–Crippen LogP) is 3.79. The van der Waals surface area contributed by atoms with Gasteiger partial charge in [0.25, 0.3) is 0 Å². The fourth-order valence-corrected chi connectivity index (χ4v) is 4.12. The van der Waals surface area contributed by atoms with E-state index >= 15 is 0 Å². The van der Waals surface area contributed by atoms with Crippen LogP contribution in [0.1, 0.15) is 36.8 Å². The standard InChI is InChI=1S/C26H29N3O4/c1-17(27-2)15-32-25(30)24(14-18-8-7-13-28-18)29-26(31)33-16-23-21-11-5-3-9-19(21)20-10-4-6-12-22(20)23/h3-6,8-13,17,23-24,27H,7,14-16H2,1-2H3,(H,29,31)/t17-,24-/m0/s1. The van der Waals surface area contributed by atoms with Crippen molar-refractivity contribution in [3.63, 3.8) is 0 Å². The van der Waals surface area contributed by atoms with Crippen molar-refractivity contribution in [1.29, 1.82) is 0 Å². The van der Waals surface area contributed by atoms with Crippen molar-refractivity contribution in [2.45, 2.75) is 37.8 Å². The van der Waals surface area contributed by atoms with Gasteiger partial charge in [0.2, 0.25) is 0 Å². The lowest BCUT2D eigenvalue weighted by Crippen LogP contribution is -2.43. The first-order chi connectivity index (χ1) is 16.1. The zero-order valence-corrected chi connectivity index (χ0v) is 18.9. The number of allylic oxidation sites excluding steroid dienone is 1. The van der Waals surface area contributed by atoms with Gasteiger partial charge in [-0.05, 0) is 36.2 Å². The van der Waals surface area contributed by atoms with Crippen molar-refractivity contribution < 1.29 is 19.1 Å². The molecule has 0 unspecified atom stereocenters. The SMILES string of the molecule is CN[C@@H](C)COC(=O)[C@H](CC1=CCC=N1)NC(=O)OCC1c2ccccc2-c2ccccc21. The Morgan fingerprint density at radius 3 is 2.33 bits per heavy atom. The van der Waals surface area contributed by atoms with Gasteiger partial charge in [-0.1, -0.05) is 54.6 Å². The normalized spacial score (nSPS) is 15.9. The number of carbonyl (C=O) groups excluding carboxylic acids is 2. The maximum atomic E-state index is 12.7. The van der Waals surface area contributed by atoms with Gasteiger partial charge in [-0.25, -0.2) is 9.59 Å². The number of esters is 1. The van der Waals surface area contributed by atoms with Crippen molar-refractivity contribution >= 4 is 18.3 Å². The highest BCUT2D eigenvalue weighted by Gasteiger charge is 2.30. The molecule has 0 radical (unpaired) electrons. The number of likely N-dealkylation sites (N-methyl/N-ethyl adjacent to an activating group) is 1. The highest BCUT2D eigenvalue weighted by Crippen LogP contribution is 2.44. The Kier molecular flexibility index (Phi) is 7.19. The molecule has 0 aromatic heterocycles. The summed E-state index contributed by atoms with van der Waals surface area (Å²) in [6, 6.07) is 15.4. The van der Waals surface area contributed by atoms with Crippen LogP contribution in [0, 0.1) is 0 Å². The molecule has 2 aromatic carbocycles. The molecule has 2 atom stereocenters. The molecule has 1 aliphatic heterocycles. The van der Waals surface area contributed by atoms with Crippen LogP contribution in [-0.4, -0.2) is 50.6 Å². The molecule has 0 fully saturated rings. The summed E-state index contributed by atoms with van der Waals surface area (Å²) < 4.78 is 11.0. The van der Waals surface area contributed by atoms with Gasteiger partial charge in [-0.2, -0.15) is 0 Å². The number of nitrogens with one attached hydrogen (secondary N) is 2. The molecule has 1 aliphatic carbocycles. The molecule has 7 nitrogen and oxygen atoms in total. The van der Waals surface area contributed by atoms with Gasteiger partial charge in [0, 0.05) is 36.7 Å². The molecule has 0 saturated carbocycles. The summed E-state index contributed by atoms with van der Waals surface area (Å²) in [4.78, 5) is 29.6. The second-order valence-electron chi connectivity index (χ2n) is 8.29. The minimum Gasteiger partial charge on any atom is -0.463 e. The second-order valence-corrected chi connectivity index (χ2v) is 8.29. The monoisotopic (exact) mass is 447 g/mol. The molecule has 2 N–H and O–H groups in total. The molecule has 33 heavy (non-hydrogen) atoms. The van der Waals surface area contributed by atoms with Gasteiger partial charge >= 0.3 is 12.1 Å². The van der Waals surface area contributed by atoms with Crippen LogP contribution in [0.3, 0.4) is 0 Å². The third-order valence-corrected chi connectivity index (χ3v) is 6.02. The van der Waals surface area contributed by atoms with Gasteiger partial charge in [-0.3, -0.25) is 4.99 Å². The molecule has 2 aromatic rings. The Morgan fingerprint density at radius 2 is 1.73 bits per heavy atom. The van der Waals surface area contributed by atoms with Crippen molar-refractivity contribution in [1.82, 2.24) is 10.6 Å².